The van der Waals surface area contributed by atoms with Gasteiger partial charge in [0.25, 0.3) is 0 Å². The van der Waals surface area contributed by atoms with Crippen LogP contribution in [0.3, 0.4) is 0 Å². The fourth-order valence-corrected chi connectivity index (χ4v) is 4.38. The number of benzene rings is 2. The number of hydrogen-bond donors (Lipinski definition) is 2. The molecule has 37 heavy (non-hydrogen) atoms. The summed E-state index contributed by atoms with van der Waals surface area (Å²) in [5, 5.41) is 37.4. The van der Waals surface area contributed by atoms with Gasteiger partial charge in [-0.25, -0.2) is 14.5 Å². The third-order valence-corrected chi connectivity index (χ3v) is 6.36. The highest BCUT2D eigenvalue weighted by atomic mass is 16.8. The molecule has 0 radical (unpaired) electrons. The van der Waals surface area contributed by atoms with Crippen molar-refractivity contribution in [3.05, 3.63) is 77.5 Å². The first-order valence-electron chi connectivity index (χ1n) is 11.4. The minimum atomic E-state index is -2.11. The average Bonchev–Trinajstić information content (AvgIpc) is 3.09. The van der Waals surface area contributed by atoms with Crippen molar-refractivity contribution >= 4 is 11.9 Å². The number of hydrogen-bond acceptors (Lipinski definition) is 11. The van der Waals surface area contributed by atoms with Gasteiger partial charge < -0.3 is 24.4 Å². The van der Waals surface area contributed by atoms with E-state index in [1.807, 2.05) is 0 Å². The summed E-state index contributed by atoms with van der Waals surface area (Å²) >= 11 is 0. The van der Waals surface area contributed by atoms with Gasteiger partial charge in [-0.3, -0.25) is 0 Å². The summed E-state index contributed by atoms with van der Waals surface area (Å²) in [6, 6.07) is 17.3. The minimum absolute atomic E-state index is 0.239. The van der Waals surface area contributed by atoms with E-state index in [1.165, 1.54) is 11.1 Å². The Morgan fingerprint density at radius 3 is 2.41 bits per heavy atom. The van der Waals surface area contributed by atoms with Gasteiger partial charge >= 0.3 is 17.8 Å². The van der Waals surface area contributed by atoms with Gasteiger partial charge in [0.15, 0.2) is 12.2 Å². The van der Waals surface area contributed by atoms with E-state index < -0.39 is 36.2 Å². The van der Waals surface area contributed by atoms with Crippen LogP contribution in [0.4, 0.5) is 0 Å². The number of carbonyl (C=O) groups is 2. The molecule has 0 aliphatic carbocycles. The zero-order valence-electron chi connectivity index (χ0n) is 19.6. The van der Waals surface area contributed by atoms with Crippen molar-refractivity contribution in [2.24, 2.45) is 0 Å². The van der Waals surface area contributed by atoms with Crippen LogP contribution in [0.5, 0.6) is 5.75 Å². The molecule has 2 aliphatic heterocycles. The van der Waals surface area contributed by atoms with Crippen LogP contribution in [0.1, 0.15) is 29.2 Å². The SMILES string of the molecule is CN1CCC(Oc2ccc(C#N)cc2)c2ccc(-c3cccnn3)cc2C12OC(=O)C(O)C(O)C(=O)O2. The Morgan fingerprint density at radius 2 is 1.78 bits per heavy atom. The molecule has 188 valence electrons. The third-order valence-electron chi connectivity index (χ3n) is 6.36. The summed E-state index contributed by atoms with van der Waals surface area (Å²) in [6.07, 6.45) is -2.87. The maximum atomic E-state index is 12.7. The largest absolute Gasteiger partial charge is 0.486 e. The maximum Gasteiger partial charge on any atom is 0.349 e. The lowest BCUT2D eigenvalue weighted by atomic mass is 9.95. The Bertz CT molecular complexity index is 1350. The smallest absolute Gasteiger partial charge is 0.349 e. The van der Waals surface area contributed by atoms with Crippen LogP contribution in [0.2, 0.25) is 0 Å². The molecule has 2 N–H and O–H groups in total. The van der Waals surface area contributed by atoms with Crippen molar-refractivity contribution in [1.29, 1.82) is 5.26 Å². The molecule has 1 aromatic heterocycles. The molecule has 3 heterocycles. The number of aliphatic hydroxyl groups is 2. The lowest BCUT2D eigenvalue weighted by Gasteiger charge is -2.38. The summed E-state index contributed by atoms with van der Waals surface area (Å²) in [7, 11) is 1.59. The fraction of sp³-hybridized carbons (Fsp3) is 0.269. The van der Waals surface area contributed by atoms with E-state index in [9.17, 15) is 19.8 Å². The minimum Gasteiger partial charge on any atom is -0.486 e. The molecule has 1 fully saturated rings. The molecule has 2 aliphatic rings. The number of aromatic nitrogens is 2. The van der Waals surface area contributed by atoms with E-state index in [-0.39, 0.29) is 12.1 Å². The first-order valence-corrected chi connectivity index (χ1v) is 11.4. The Hall–Kier alpha value is -4.37. The first-order chi connectivity index (χ1) is 17.8. The third kappa shape index (κ3) is 4.38. The molecule has 0 saturated carbocycles. The fourth-order valence-electron chi connectivity index (χ4n) is 4.38. The van der Waals surface area contributed by atoms with Gasteiger partial charge in [0.1, 0.15) is 11.9 Å². The number of aliphatic hydroxyl groups excluding tert-OH is 2. The molecule has 5 rings (SSSR count). The second-order valence-corrected chi connectivity index (χ2v) is 8.68. The molecular weight excluding hydrogens is 480 g/mol. The zero-order valence-corrected chi connectivity index (χ0v) is 19.6. The Morgan fingerprint density at radius 1 is 1.08 bits per heavy atom. The quantitative estimate of drug-likeness (QED) is 0.499. The van der Waals surface area contributed by atoms with Crippen molar-refractivity contribution in [3.8, 4) is 23.1 Å². The Kier molecular flexibility index (Phi) is 6.31. The van der Waals surface area contributed by atoms with E-state index in [2.05, 4.69) is 16.3 Å². The highest BCUT2D eigenvalue weighted by molar-refractivity contribution is 5.87. The normalized spacial score (nSPS) is 25.7. The molecule has 3 unspecified atom stereocenters. The summed E-state index contributed by atoms with van der Waals surface area (Å²) in [5.74, 6) is -4.02. The second-order valence-electron chi connectivity index (χ2n) is 8.68. The van der Waals surface area contributed by atoms with E-state index in [0.29, 0.717) is 34.6 Å². The highest BCUT2D eigenvalue weighted by Crippen LogP contribution is 2.44. The van der Waals surface area contributed by atoms with E-state index in [0.717, 1.165) is 0 Å². The van der Waals surface area contributed by atoms with Gasteiger partial charge in [0, 0.05) is 30.3 Å². The number of ether oxygens (including phenoxy) is 3. The van der Waals surface area contributed by atoms with Crippen LogP contribution in [0.15, 0.2) is 60.8 Å². The van der Waals surface area contributed by atoms with Gasteiger partial charge in [0.05, 0.1) is 22.9 Å². The van der Waals surface area contributed by atoms with Gasteiger partial charge in [0.2, 0.25) is 0 Å². The van der Waals surface area contributed by atoms with E-state index in [4.69, 9.17) is 19.5 Å². The van der Waals surface area contributed by atoms with Crippen LogP contribution in [0, 0.1) is 11.3 Å². The van der Waals surface area contributed by atoms with Gasteiger partial charge in [-0.05, 0) is 49.5 Å². The molecule has 2 aromatic carbocycles. The van der Waals surface area contributed by atoms with Crippen LogP contribution >= 0.6 is 0 Å². The van der Waals surface area contributed by atoms with Crippen molar-refractivity contribution in [1.82, 2.24) is 15.1 Å². The summed E-state index contributed by atoms with van der Waals surface area (Å²) < 4.78 is 17.5. The number of carbonyl (C=O) groups excluding carboxylic acids is 2. The molecule has 11 nitrogen and oxygen atoms in total. The molecule has 0 amide bonds. The standard InChI is InChI=1S/C26H22N4O7/c1-30-12-10-21(35-17-7-4-15(14-27)5-8-17)18-9-6-16(20-3-2-11-28-29-20)13-19(18)26(30)36-24(33)22(31)23(32)25(34)37-26/h2-9,11,13,21-23,31-32H,10,12H2,1H3. The van der Waals surface area contributed by atoms with Crippen molar-refractivity contribution in [3.63, 3.8) is 0 Å². The van der Waals surface area contributed by atoms with E-state index in [1.54, 1.807) is 61.6 Å². The molecule has 3 aromatic rings. The summed E-state index contributed by atoms with van der Waals surface area (Å²) in [5.41, 5.74) is 2.40. The molecule has 1 saturated heterocycles. The lowest BCUT2D eigenvalue weighted by molar-refractivity contribution is -0.288. The van der Waals surface area contributed by atoms with Crippen molar-refractivity contribution in [2.75, 3.05) is 13.6 Å². The first kappa shape index (κ1) is 24.3. The van der Waals surface area contributed by atoms with Crippen molar-refractivity contribution in [2.45, 2.75) is 30.6 Å². The second kappa shape index (κ2) is 9.59. The number of fused-ring (bicyclic) bond motifs is 2. The number of rotatable bonds is 3. The molecule has 0 bridgehead atoms. The number of esters is 2. The Balaban J connectivity index is 1.66. The molecule has 11 heteroatoms. The van der Waals surface area contributed by atoms with Crippen LogP contribution in [0.25, 0.3) is 11.3 Å². The predicted molar refractivity (Wildman–Crippen MR) is 125 cm³/mol. The molecule has 3 atom stereocenters. The zero-order chi connectivity index (χ0) is 26.2. The monoisotopic (exact) mass is 502 g/mol. The molecular formula is C26H22N4O7. The average molecular weight is 502 g/mol. The van der Waals surface area contributed by atoms with Crippen LogP contribution in [-0.2, 0) is 25.0 Å². The van der Waals surface area contributed by atoms with Gasteiger partial charge in [-0.15, -0.1) is 0 Å². The van der Waals surface area contributed by atoms with Crippen molar-refractivity contribution < 1.29 is 34.0 Å². The summed E-state index contributed by atoms with van der Waals surface area (Å²) in [4.78, 5) is 27.0. The lowest BCUT2D eigenvalue weighted by Crippen LogP contribution is -2.50. The van der Waals surface area contributed by atoms with Crippen LogP contribution < -0.4 is 4.74 Å². The highest BCUT2D eigenvalue weighted by Gasteiger charge is 2.55. The van der Waals surface area contributed by atoms with Gasteiger partial charge in [-0.1, -0.05) is 12.1 Å². The topological polar surface area (TPSA) is 155 Å². The summed E-state index contributed by atoms with van der Waals surface area (Å²) in [6.45, 7) is 0.239. The van der Waals surface area contributed by atoms with E-state index >= 15 is 0 Å². The Labute approximate surface area is 211 Å². The van der Waals surface area contributed by atoms with Gasteiger partial charge in [-0.2, -0.15) is 15.5 Å². The number of nitrogens with zero attached hydrogens (tertiary/aromatic N) is 4. The maximum absolute atomic E-state index is 12.7. The predicted octanol–water partition coefficient (Wildman–Crippen LogP) is 1.40. The molecule has 1 spiro atoms. The number of nitriles is 1. The van der Waals surface area contributed by atoms with Crippen LogP contribution in [-0.4, -0.2) is 63.0 Å².